The zero-order valence-electron chi connectivity index (χ0n) is 9.60. The van der Waals surface area contributed by atoms with Crippen LogP contribution in [0.3, 0.4) is 0 Å². The average Bonchev–Trinajstić information content (AvgIpc) is 2.15. The highest BCUT2D eigenvalue weighted by Gasteiger charge is 2.18. The summed E-state index contributed by atoms with van der Waals surface area (Å²) >= 11 is 3.27. The largest absolute Gasteiger partial charge is 0.347 e. The molecule has 0 spiro atoms. The molecular weight excluding hydrogens is 273 g/mol. The van der Waals surface area contributed by atoms with Crippen molar-refractivity contribution in [2.45, 2.75) is 33.0 Å². The number of carbonyl (C=O) groups is 1. The summed E-state index contributed by atoms with van der Waals surface area (Å²) in [5.41, 5.74) is 0.462. The maximum atomic E-state index is 12.7. The minimum absolute atomic E-state index is 0.249. The predicted molar refractivity (Wildman–Crippen MR) is 66.2 cm³/mol. The Morgan fingerprint density at radius 3 is 2.56 bits per heavy atom. The van der Waals surface area contributed by atoms with Crippen LogP contribution in [-0.2, 0) is 6.67 Å². The minimum Gasteiger partial charge on any atom is -0.347 e. The number of benzene rings is 1. The van der Waals surface area contributed by atoms with Crippen molar-refractivity contribution < 1.29 is 9.18 Å². The third kappa shape index (κ3) is 3.59. The smallest absolute Gasteiger partial charge is 0.252 e. The lowest BCUT2D eigenvalue weighted by atomic mass is 10.0. The quantitative estimate of drug-likeness (QED) is 0.887. The van der Waals surface area contributed by atoms with Gasteiger partial charge in [-0.15, -0.1) is 0 Å². The van der Waals surface area contributed by atoms with Gasteiger partial charge in [0.2, 0.25) is 0 Å². The Kier molecular flexibility index (Phi) is 4.08. The van der Waals surface area contributed by atoms with Gasteiger partial charge in [-0.3, -0.25) is 4.79 Å². The normalized spacial score (nSPS) is 11.3. The van der Waals surface area contributed by atoms with Crippen LogP contribution in [-0.4, -0.2) is 11.4 Å². The van der Waals surface area contributed by atoms with Crippen LogP contribution in [0.15, 0.2) is 22.7 Å². The number of alkyl halides is 1. The standard InChI is InChI=1S/C12H15BrFNO/c1-12(2,3)15-11(16)10-6-9(13)5-4-8(10)7-14/h4-6H,7H2,1-3H3,(H,15,16). The van der Waals surface area contributed by atoms with E-state index in [9.17, 15) is 9.18 Å². The van der Waals surface area contributed by atoms with E-state index in [1.54, 1.807) is 18.2 Å². The number of amides is 1. The van der Waals surface area contributed by atoms with E-state index in [2.05, 4.69) is 21.2 Å². The highest BCUT2D eigenvalue weighted by Crippen LogP contribution is 2.18. The highest BCUT2D eigenvalue weighted by atomic mass is 79.9. The van der Waals surface area contributed by atoms with E-state index in [1.165, 1.54) is 0 Å². The monoisotopic (exact) mass is 287 g/mol. The van der Waals surface area contributed by atoms with Crippen molar-refractivity contribution in [3.05, 3.63) is 33.8 Å². The Morgan fingerprint density at radius 1 is 1.44 bits per heavy atom. The SMILES string of the molecule is CC(C)(C)NC(=O)c1cc(Br)ccc1CF. The first-order valence-electron chi connectivity index (χ1n) is 5.00. The zero-order chi connectivity index (χ0) is 12.3. The molecule has 1 aromatic carbocycles. The van der Waals surface area contributed by atoms with E-state index in [-0.39, 0.29) is 11.4 Å². The average molecular weight is 288 g/mol. The fraction of sp³-hybridized carbons (Fsp3) is 0.417. The second kappa shape index (κ2) is 4.95. The van der Waals surface area contributed by atoms with Crippen molar-refractivity contribution in [1.82, 2.24) is 5.32 Å². The minimum atomic E-state index is -0.639. The molecule has 0 heterocycles. The van der Waals surface area contributed by atoms with Crippen LogP contribution in [0.4, 0.5) is 4.39 Å². The van der Waals surface area contributed by atoms with Crippen LogP contribution < -0.4 is 5.32 Å². The molecule has 0 aromatic heterocycles. The predicted octanol–water partition coefficient (Wildman–Crippen LogP) is 3.45. The number of hydrogen-bond donors (Lipinski definition) is 1. The summed E-state index contributed by atoms with van der Waals surface area (Å²) in [7, 11) is 0. The summed E-state index contributed by atoms with van der Waals surface area (Å²) in [6.07, 6.45) is 0. The number of carbonyl (C=O) groups excluding carboxylic acids is 1. The lowest BCUT2D eigenvalue weighted by Crippen LogP contribution is -2.40. The molecule has 0 saturated carbocycles. The number of rotatable bonds is 2. The summed E-state index contributed by atoms with van der Waals surface area (Å²) in [5, 5.41) is 2.81. The molecule has 4 heteroatoms. The molecule has 0 radical (unpaired) electrons. The summed E-state index contributed by atoms with van der Waals surface area (Å²) in [4.78, 5) is 11.9. The molecule has 0 atom stereocenters. The maximum Gasteiger partial charge on any atom is 0.252 e. The Balaban J connectivity index is 3.02. The molecule has 0 saturated heterocycles. The molecule has 0 aliphatic rings. The van der Waals surface area contributed by atoms with Crippen LogP contribution >= 0.6 is 15.9 Å². The van der Waals surface area contributed by atoms with E-state index in [1.807, 2.05) is 20.8 Å². The van der Waals surface area contributed by atoms with Gasteiger partial charge < -0.3 is 5.32 Å². The zero-order valence-corrected chi connectivity index (χ0v) is 11.2. The van der Waals surface area contributed by atoms with Crippen molar-refractivity contribution in [3.8, 4) is 0 Å². The second-order valence-electron chi connectivity index (χ2n) is 4.64. The Morgan fingerprint density at radius 2 is 2.06 bits per heavy atom. The van der Waals surface area contributed by atoms with E-state index < -0.39 is 6.67 Å². The van der Waals surface area contributed by atoms with Gasteiger partial charge in [-0.2, -0.15) is 0 Å². The Hall–Kier alpha value is -0.900. The molecule has 1 N–H and O–H groups in total. The van der Waals surface area contributed by atoms with Crippen molar-refractivity contribution in [2.24, 2.45) is 0 Å². The molecule has 0 bridgehead atoms. The van der Waals surface area contributed by atoms with Gasteiger partial charge in [0.15, 0.2) is 0 Å². The summed E-state index contributed by atoms with van der Waals surface area (Å²) in [5.74, 6) is -0.249. The van der Waals surface area contributed by atoms with Crippen molar-refractivity contribution >= 4 is 21.8 Å². The third-order valence-corrected chi connectivity index (χ3v) is 2.44. The molecule has 1 amide bonds. The first-order chi connectivity index (χ1) is 7.33. The van der Waals surface area contributed by atoms with Crippen LogP contribution in [0.5, 0.6) is 0 Å². The molecule has 0 fully saturated rings. The van der Waals surface area contributed by atoms with Gasteiger partial charge in [-0.25, -0.2) is 4.39 Å². The van der Waals surface area contributed by atoms with Crippen molar-refractivity contribution in [1.29, 1.82) is 0 Å². The number of nitrogens with one attached hydrogen (secondary N) is 1. The molecule has 2 nitrogen and oxygen atoms in total. The molecule has 0 aliphatic carbocycles. The molecular formula is C12H15BrFNO. The van der Waals surface area contributed by atoms with Gasteiger partial charge in [-0.05, 0) is 38.5 Å². The topological polar surface area (TPSA) is 29.1 Å². The van der Waals surface area contributed by atoms with Crippen LogP contribution in [0.1, 0.15) is 36.7 Å². The van der Waals surface area contributed by atoms with Gasteiger partial charge in [0.05, 0.1) is 0 Å². The van der Waals surface area contributed by atoms with E-state index in [4.69, 9.17) is 0 Å². The first-order valence-corrected chi connectivity index (χ1v) is 5.79. The van der Waals surface area contributed by atoms with Gasteiger partial charge in [-0.1, -0.05) is 22.0 Å². The van der Waals surface area contributed by atoms with E-state index >= 15 is 0 Å². The number of hydrogen-bond acceptors (Lipinski definition) is 1. The fourth-order valence-electron chi connectivity index (χ4n) is 1.28. The van der Waals surface area contributed by atoms with Crippen LogP contribution in [0.2, 0.25) is 0 Å². The van der Waals surface area contributed by atoms with Gasteiger partial charge in [0, 0.05) is 15.6 Å². The second-order valence-corrected chi connectivity index (χ2v) is 5.55. The summed E-state index contributed by atoms with van der Waals surface area (Å²) < 4.78 is 13.5. The highest BCUT2D eigenvalue weighted by molar-refractivity contribution is 9.10. The van der Waals surface area contributed by atoms with Gasteiger partial charge in [0.1, 0.15) is 6.67 Å². The number of halogens is 2. The van der Waals surface area contributed by atoms with Crippen molar-refractivity contribution in [3.63, 3.8) is 0 Å². The Bertz CT molecular complexity index is 398. The van der Waals surface area contributed by atoms with E-state index in [0.717, 1.165) is 4.47 Å². The van der Waals surface area contributed by atoms with Gasteiger partial charge in [0.25, 0.3) is 5.91 Å². The molecule has 88 valence electrons. The molecule has 1 rings (SSSR count). The molecule has 16 heavy (non-hydrogen) atoms. The third-order valence-electron chi connectivity index (χ3n) is 1.95. The van der Waals surface area contributed by atoms with Crippen molar-refractivity contribution in [2.75, 3.05) is 0 Å². The van der Waals surface area contributed by atoms with Crippen LogP contribution in [0, 0.1) is 0 Å². The lowest BCUT2D eigenvalue weighted by Gasteiger charge is -2.21. The lowest BCUT2D eigenvalue weighted by molar-refractivity contribution is 0.0917. The van der Waals surface area contributed by atoms with E-state index in [0.29, 0.717) is 11.1 Å². The molecule has 0 unspecified atom stereocenters. The van der Waals surface area contributed by atoms with Gasteiger partial charge >= 0.3 is 0 Å². The molecule has 1 aromatic rings. The molecule has 0 aliphatic heterocycles. The summed E-state index contributed by atoms with van der Waals surface area (Å²) in [6.45, 7) is 5.02. The fourth-order valence-corrected chi connectivity index (χ4v) is 1.65. The Labute approximate surface area is 103 Å². The first kappa shape index (κ1) is 13.2. The van der Waals surface area contributed by atoms with Crippen LogP contribution in [0.25, 0.3) is 0 Å². The summed E-state index contributed by atoms with van der Waals surface area (Å²) in [6, 6.07) is 4.97. The maximum absolute atomic E-state index is 12.7.